The first-order valence-electron chi connectivity index (χ1n) is 7.89. The van der Waals surface area contributed by atoms with Gasteiger partial charge in [0, 0.05) is 5.41 Å². The average molecular weight is 287 g/mol. The van der Waals surface area contributed by atoms with E-state index in [2.05, 4.69) is 94.4 Å². The molecular weight excluding hydrogens is 264 g/mol. The minimum Gasteiger partial charge on any atom is -0.0616 e. The molecule has 0 N–H and O–H groups in total. The Labute approximate surface area is 133 Å². The molecular formula is C22H23. The summed E-state index contributed by atoms with van der Waals surface area (Å²) >= 11 is 0. The van der Waals surface area contributed by atoms with Crippen LogP contribution in [0.4, 0.5) is 0 Å². The molecule has 0 bridgehead atoms. The highest BCUT2D eigenvalue weighted by Gasteiger charge is 2.32. The van der Waals surface area contributed by atoms with Crippen molar-refractivity contribution in [1.82, 2.24) is 0 Å². The summed E-state index contributed by atoms with van der Waals surface area (Å²) in [6, 6.07) is 24.3. The second-order valence-corrected chi connectivity index (χ2v) is 6.55. The van der Waals surface area contributed by atoms with Crippen molar-refractivity contribution in [2.75, 3.05) is 0 Å². The molecule has 0 saturated heterocycles. The molecule has 0 aromatic heterocycles. The Kier molecular flexibility index (Phi) is 3.78. The molecule has 3 aromatic carbocycles. The normalized spacial score (nSPS) is 14.2. The van der Waals surface area contributed by atoms with Crippen LogP contribution < -0.4 is 0 Å². The molecule has 0 aliphatic rings. The fourth-order valence-electron chi connectivity index (χ4n) is 3.13. The van der Waals surface area contributed by atoms with Crippen LogP contribution in [0.2, 0.25) is 0 Å². The van der Waals surface area contributed by atoms with Gasteiger partial charge in [-0.15, -0.1) is 0 Å². The van der Waals surface area contributed by atoms with Crippen molar-refractivity contribution in [3.63, 3.8) is 0 Å². The van der Waals surface area contributed by atoms with Crippen LogP contribution in [-0.4, -0.2) is 0 Å². The number of benzene rings is 3. The lowest BCUT2D eigenvalue weighted by molar-refractivity contribution is 0.592. The second kappa shape index (κ2) is 5.61. The van der Waals surface area contributed by atoms with Crippen LogP contribution >= 0.6 is 0 Å². The zero-order valence-corrected chi connectivity index (χ0v) is 13.9. The van der Waals surface area contributed by atoms with Gasteiger partial charge in [0.05, 0.1) is 0 Å². The van der Waals surface area contributed by atoms with Crippen molar-refractivity contribution in [2.24, 2.45) is 0 Å². The summed E-state index contributed by atoms with van der Waals surface area (Å²) in [6.07, 6.45) is 0. The molecule has 0 saturated carbocycles. The largest absolute Gasteiger partial charge is 0.0616 e. The van der Waals surface area contributed by atoms with E-state index >= 15 is 0 Å². The summed E-state index contributed by atoms with van der Waals surface area (Å²) < 4.78 is 0. The minimum absolute atomic E-state index is 0.0578. The van der Waals surface area contributed by atoms with Crippen molar-refractivity contribution >= 4 is 10.8 Å². The van der Waals surface area contributed by atoms with Crippen LogP contribution in [0, 0.1) is 12.8 Å². The summed E-state index contributed by atoms with van der Waals surface area (Å²) in [5.41, 5.74) is 3.96. The molecule has 0 heteroatoms. The van der Waals surface area contributed by atoms with E-state index < -0.39 is 0 Å². The molecule has 3 aromatic rings. The molecule has 1 unspecified atom stereocenters. The first kappa shape index (κ1) is 14.8. The van der Waals surface area contributed by atoms with Crippen LogP contribution in [0.15, 0.2) is 66.7 Å². The van der Waals surface area contributed by atoms with Gasteiger partial charge in [-0.25, -0.2) is 0 Å². The van der Waals surface area contributed by atoms with E-state index in [0.717, 1.165) is 0 Å². The number of aryl methyl sites for hydroxylation is 1. The maximum absolute atomic E-state index is 2.34. The maximum Gasteiger partial charge on any atom is 0.0231 e. The highest BCUT2D eigenvalue weighted by Crippen LogP contribution is 2.41. The third kappa shape index (κ3) is 2.43. The van der Waals surface area contributed by atoms with Crippen molar-refractivity contribution in [3.05, 3.63) is 89.3 Å². The Hall–Kier alpha value is -2.08. The number of fused-ring (bicyclic) bond motifs is 1. The van der Waals surface area contributed by atoms with Gasteiger partial charge in [0.15, 0.2) is 0 Å². The summed E-state index contributed by atoms with van der Waals surface area (Å²) in [7, 11) is 0. The lowest BCUT2D eigenvalue weighted by Crippen LogP contribution is -2.28. The monoisotopic (exact) mass is 287 g/mol. The fourth-order valence-corrected chi connectivity index (χ4v) is 3.13. The van der Waals surface area contributed by atoms with E-state index in [1.54, 1.807) is 0 Å². The predicted molar refractivity (Wildman–Crippen MR) is 96.2 cm³/mol. The van der Waals surface area contributed by atoms with Gasteiger partial charge in [-0.3, -0.25) is 0 Å². The van der Waals surface area contributed by atoms with Gasteiger partial charge in [-0.2, -0.15) is 0 Å². The van der Waals surface area contributed by atoms with E-state index in [4.69, 9.17) is 0 Å². The Morgan fingerprint density at radius 2 is 1.32 bits per heavy atom. The second-order valence-electron chi connectivity index (χ2n) is 6.55. The molecule has 0 spiro atoms. The fraction of sp³-hybridized carbons (Fsp3) is 0.227. The standard InChI is InChI=1S/C22H23/c1-16(2)22(4,20-12-9-17(3)10-13-20)21-14-11-18-7-5-6-8-19(18)15-21/h5-15H,1-4H3. The average Bonchev–Trinajstić information content (AvgIpc) is 2.54. The third-order valence-corrected chi connectivity index (χ3v) is 4.96. The highest BCUT2D eigenvalue weighted by molar-refractivity contribution is 5.83. The summed E-state index contributed by atoms with van der Waals surface area (Å²) in [6.45, 7) is 8.93. The third-order valence-electron chi connectivity index (χ3n) is 4.96. The van der Waals surface area contributed by atoms with Crippen LogP contribution in [0.3, 0.4) is 0 Å². The van der Waals surface area contributed by atoms with Gasteiger partial charge in [0.1, 0.15) is 0 Å². The van der Waals surface area contributed by atoms with Gasteiger partial charge in [-0.1, -0.05) is 93.1 Å². The maximum atomic E-state index is 2.34. The van der Waals surface area contributed by atoms with Gasteiger partial charge in [0.25, 0.3) is 0 Å². The Morgan fingerprint density at radius 1 is 0.727 bits per heavy atom. The molecule has 111 valence electrons. The summed E-state index contributed by atoms with van der Waals surface area (Å²) in [5, 5.41) is 2.60. The quantitative estimate of drug-likeness (QED) is 0.548. The SMILES string of the molecule is C[C](C)C(C)(c1ccc(C)cc1)c1ccc2ccccc2c1. The molecule has 0 aliphatic carbocycles. The molecule has 1 atom stereocenters. The predicted octanol–water partition coefficient (Wildman–Crippen LogP) is 6.07. The van der Waals surface area contributed by atoms with E-state index in [1.165, 1.54) is 33.4 Å². The van der Waals surface area contributed by atoms with Gasteiger partial charge in [0.2, 0.25) is 0 Å². The smallest absolute Gasteiger partial charge is 0.0231 e. The first-order chi connectivity index (χ1) is 10.5. The molecule has 22 heavy (non-hydrogen) atoms. The topological polar surface area (TPSA) is 0 Å². The highest BCUT2D eigenvalue weighted by atomic mass is 14.4. The van der Waals surface area contributed by atoms with E-state index in [-0.39, 0.29) is 5.41 Å². The number of rotatable bonds is 3. The van der Waals surface area contributed by atoms with E-state index in [9.17, 15) is 0 Å². The van der Waals surface area contributed by atoms with Crippen molar-refractivity contribution in [1.29, 1.82) is 0 Å². The molecule has 0 amide bonds. The minimum atomic E-state index is -0.0578. The van der Waals surface area contributed by atoms with Gasteiger partial charge >= 0.3 is 0 Å². The van der Waals surface area contributed by atoms with Crippen LogP contribution in [0.1, 0.15) is 37.5 Å². The molecule has 3 rings (SSSR count). The zero-order chi connectivity index (χ0) is 15.7. The summed E-state index contributed by atoms with van der Waals surface area (Å²) in [4.78, 5) is 0. The lowest BCUT2D eigenvalue weighted by Gasteiger charge is -2.35. The van der Waals surface area contributed by atoms with Crippen molar-refractivity contribution < 1.29 is 0 Å². The van der Waals surface area contributed by atoms with Crippen LogP contribution in [-0.2, 0) is 5.41 Å². The Balaban J connectivity index is 2.18. The van der Waals surface area contributed by atoms with Crippen LogP contribution in [0.5, 0.6) is 0 Å². The molecule has 0 fully saturated rings. The molecule has 0 heterocycles. The van der Waals surface area contributed by atoms with Gasteiger partial charge < -0.3 is 0 Å². The van der Waals surface area contributed by atoms with Crippen molar-refractivity contribution in [2.45, 2.75) is 33.1 Å². The number of hydrogen-bond donors (Lipinski definition) is 0. The van der Waals surface area contributed by atoms with Gasteiger partial charge in [-0.05, 0) is 34.7 Å². The van der Waals surface area contributed by atoms with Crippen LogP contribution in [0.25, 0.3) is 10.8 Å². The molecule has 1 radical (unpaired) electrons. The Morgan fingerprint density at radius 3 is 1.95 bits per heavy atom. The zero-order valence-electron chi connectivity index (χ0n) is 13.9. The summed E-state index contributed by atoms with van der Waals surface area (Å²) in [5.74, 6) is 1.41. The first-order valence-corrected chi connectivity index (χ1v) is 7.89. The molecule has 0 aliphatic heterocycles. The number of hydrogen-bond acceptors (Lipinski definition) is 0. The van der Waals surface area contributed by atoms with E-state index in [1.807, 2.05) is 0 Å². The molecule has 0 nitrogen and oxygen atoms in total. The lowest BCUT2D eigenvalue weighted by atomic mass is 9.68. The van der Waals surface area contributed by atoms with Crippen molar-refractivity contribution in [3.8, 4) is 0 Å². The Bertz CT molecular complexity index is 781. The van der Waals surface area contributed by atoms with E-state index in [0.29, 0.717) is 0 Å².